The summed E-state index contributed by atoms with van der Waals surface area (Å²) < 4.78 is 10.5. The third kappa shape index (κ3) is 2.13. The minimum absolute atomic E-state index is 0.301. The molecule has 2 aromatic rings. The number of hydrogen-bond donors (Lipinski definition) is 0. The molecule has 0 saturated carbocycles. The van der Waals surface area contributed by atoms with Gasteiger partial charge < -0.3 is 9.47 Å². The highest BCUT2D eigenvalue weighted by molar-refractivity contribution is 5.86. The largest absolute Gasteiger partial charge is 0.497 e. The molecule has 0 N–H and O–H groups in total. The number of nitriles is 1. The monoisotopic (exact) mass is 228 g/mol. The van der Waals surface area contributed by atoms with Gasteiger partial charge in [0.2, 0.25) is 0 Å². The van der Waals surface area contributed by atoms with Crippen molar-refractivity contribution in [3.8, 4) is 17.6 Å². The van der Waals surface area contributed by atoms with E-state index < -0.39 is 0 Å². The van der Waals surface area contributed by atoms with E-state index in [-0.39, 0.29) is 0 Å². The zero-order valence-electron chi connectivity index (χ0n) is 9.73. The number of methoxy groups -OCH3 is 2. The van der Waals surface area contributed by atoms with Gasteiger partial charge in [-0.2, -0.15) is 5.26 Å². The molecular weight excluding hydrogens is 216 g/mol. The third-order valence-corrected chi connectivity index (χ3v) is 2.52. The van der Waals surface area contributed by atoms with Gasteiger partial charge in [0.05, 0.1) is 37.9 Å². The Hall–Kier alpha value is -2.28. The predicted octanol–water partition coefficient (Wildman–Crippen LogP) is 2.32. The molecule has 0 amide bonds. The molecule has 1 aromatic heterocycles. The van der Waals surface area contributed by atoms with E-state index in [9.17, 15) is 0 Å². The number of aromatic nitrogens is 1. The summed E-state index contributed by atoms with van der Waals surface area (Å²) >= 11 is 0. The van der Waals surface area contributed by atoms with Gasteiger partial charge in [-0.15, -0.1) is 0 Å². The molecule has 0 aliphatic rings. The van der Waals surface area contributed by atoms with Crippen molar-refractivity contribution in [1.29, 1.82) is 5.26 Å². The lowest BCUT2D eigenvalue weighted by Gasteiger charge is -2.08. The Balaban J connectivity index is 2.63. The lowest BCUT2D eigenvalue weighted by molar-refractivity contribution is 0.398. The van der Waals surface area contributed by atoms with Gasteiger partial charge in [-0.05, 0) is 12.1 Å². The fraction of sp³-hybridized carbons (Fsp3) is 0.231. The van der Waals surface area contributed by atoms with Crippen molar-refractivity contribution in [2.24, 2.45) is 0 Å². The highest BCUT2D eigenvalue weighted by Gasteiger charge is 2.07. The highest BCUT2D eigenvalue weighted by Crippen LogP contribution is 2.30. The summed E-state index contributed by atoms with van der Waals surface area (Å²) in [6.07, 6.45) is 0.301. The second kappa shape index (κ2) is 4.71. The molecule has 1 aromatic carbocycles. The van der Waals surface area contributed by atoms with Crippen LogP contribution in [-0.2, 0) is 6.42 Å². The smallest absolute Gasteiger partial charge is 0.131 e. The zero-order chi connectivity index (χ0) is 12.3. The maximum absolute atomic E-state index is 8.65. The molecule has 0 aliphatic carbocycles. The van der Waals surface area contributed by atoms with E-state index in [1.165, 1.54) is 0 Å². The molecule has 0 bridgehead atoms. The van der Waals surface area contributed by atoms with Crippen LogP contribution in [0.1, 0.15) is 5.69 Å². The molecule has 17 heavy (non-hydrogen) atoms. The van der Waals surface area contributed by atoms with Crippen LogP contribution in [0.2, 0.25) is 0 Å². The molecule has 4 heteroatoms. The zero-order valence-corrected chi connectivity index (χ0v) is 9.73. The van der Waals surface area contributed by atoms with Crippen molar-refractivity contribution in [3.05, 3.63) is 30.0 Å². The van der Waals surface area contributed by atoms with Crippen molar-refractivity contribution < 1.29 is 9.47 Å². The van der Waals surface area contributed by atoms with Gasteiger partial charge in [-0.3, -0.25) is 4.98 Å². The summed E-state index contributed by atoms with van der Waals surface area (Å²) in [4.78, 5) is 4.40. The van der Waals surface area contributed by atoms with Crippen molar-refractivity contribution in [2.45, 2.75) is 6.42 Å². The lowest BCUT2D eigenvalue weighted by atomic mass is 10.1. The first kappa shape index (κ1) is 11.2. The topological polar surface area (TPSA) is 55.1 Å². The van der Waals surface area contributed by atoms with E-state index in [1.54, 1.807) is 14.2 Å². The number of fused-ring (bicyclic) bond motifs is 1. The fourth-order valence-corrected chi connectivity index (χ4v) is 1.69. The average Bonchev–Trinajstić information content (AvgIpc) is 2.37. The summed E-state index contributed by atoms with van der Waals surface area (Å²) in [5.74, 6) is 1.41. The van der Waals surface area contributed by atoms with Crippen molar-refractivity contribution in [1.82, 2.24) is 4.98 Å². The van der Waals surface area contributed by atoms with Crippen LogP contribution in [-0.4, -0.2) is 19.2 Å². The van der Waals surface area contributed by atoms with E-state index in [1.807, 2.05) is 24.3 Å². The van der Waals surface area contributed by atoms with Crippen LogP contribution in [0.15, 0.2) is 24.3 Å². The Kier molecular flexibility index (Phi) is 3.10. The average molecular weight is 228 g/mol. The van der Waals surface area contributed by atoms with Crippen LogP contribution >= 0.6 is 0 Å². The van der Waals surface area contributed by atoms with E-state index in [4.69, 9.17) is 14.7 Å². The molecule has 0 spiro atoms. The minimum Gasteiger partial charge on any atom is -0.497 e. The number of pyridine rings is 1. The number of ether oxygens (including phenoxy) is 2. The highest BCUT2D eigenvalue weighted by atomic mass is 16.5. The van der Waals surface area contributed by atoms with Gasteiger partial charge in [0, 0.05) is 17.5 Å². The molecule has 2 rings (SSSR count). The van der Waals surface area contributed by atoms with Crippen molar-refractivity contribution in [3.63, 3.8) is 0 Å². The Bertz CT molecular complexity index is 588. The summed E-state index contributed by atoms with van der Waals surface area (Å²) in [5.41, 5.74) is 1.52. The maximum atomic E-state index is 8.65. The SMILES string of the molecule is COc1cc(OC)c2ccc(CC#N)nc2c1. The van der Waals surface area contributed by atoms with Crippen molar-refractivity contribution >= 4 is 10.9 Å². The van der Waals surface area contributed by atoms with E-state index in [0.29, 0.717) is 12.2 Å². The summed E-state index contributed by atoms with van der Waals surface area (Å²) in [6, 6.07) is 9.47. The molecule has 0 atom stereocenters. The quantitative estimate of drug-likeness (QED) is 0.809. The van der Waals surface area contributed by atoms with Crippen LogP contribution < -0.4 is 9.47 Å². The number of rotatable bonds is 3. The summed E-state index contributed by atoms with van der Waals surface area (Å²) in [5, 5.41) is 9.57. The van der Waals surface area contributed by atoms with Gasteiger partial charge in [0.25, 0.3) is 0 Å². The minimum atomic E-state index is 0.301. The molecule has 0 fully saturated rings. The van der Waals surface area contributed by atoms with Gasteiger partial charge in [-0.1, -0.05) is 0 Å². The Labute approximate surface area is 99.4 Å². The normalized spacial score (nSPS) is 9.94. The van der Waals surface area contributed by atoms with Gasteiger partial charge >= 0.3 is 0 Å². The fourth-order valence-electron chi connectivity index (χ4n) is 1.69. The van der Waals surface area contributed by atoms with Crippen molar-refractivity contribution in [2.75, 3.05) is 14.2 Å². The van der Waals surface area contributed by atoms with Crippen LogP contribution in [0, 0.1) is 11.3 Å². The number of nitrogens with zero attached hydrogens (tertiary/aromatic N) is 2. The first-order valence-corrected chi connectivity index (χ1v) is 5.17. The first-order chi connectivity index (χ1) is 8.28. The van der Waals surface area contributed by atoms with E-state index >= 15 is 0 Å². The second-order valence-corrected chi connectivity index (χ2v) is 3.53. The van der Waals surface area contributed by atoms with Gasteiger partial charge in [-0.25, -0.2) is 0 Å². The first-order valence-electron chi connectivity index (χ1n) is 5.17. The predicted molar refractivity (Wildman–Crippen MR) is 64.2 cm³/mol. The Morgan fingerprint density at radius 1 is 1.24 bits per heavy atom. The van der Waals surface area contributed by atoms with Crippen LogP contribution in [0.4, 0.5) is 0 Å². The second-order valence-electron chi connectivity index (χ2n) is 3.53. The standard InChI is InChI=1S/C13H12N2O2/c1-16-10-7-12-11(13(8-10)17-2)4-3-9(15-12)5-6-14/h3-4,7-8H,5H2,1-2H3. The molecular formula is C13H12N2O2. The third-order valence-electron chi connectivity index (χ3n) is 2.52. The summed E-state index contributed by atoms with van der Waals surface area (Å²) in [7, 11) is 3.21. The van der Waals surface area contributed by atoms with Crippen LogP contribution in [0.5, 0.6) is 11.5 Å². The number of benzene rings is 1. The van der Waals surface area contributed by atoms with Gasteiger partial charge in [0.1, 0.15) is 11.5 Å². The van der Waals surface area contributed by atoms with Crippen LogP contribution in [0.25, 0.3) is 10.9 Å². The molecule has 86 valence electrons. The molecule has 0 radical (unpaired) electrons. The van der Waals surface area contributed by atoms with E-state index in [0.717, 1.165) is 22.3 Å². The number of hydrogen-bond acceptors (Lipinski definition) is 4. The molecule has 4 nitrogen and oxygen atoms in total. The summed E-state index contributed by atoms with van der Waals surface area (Å²) in [6.45, 7) is 0. The van der Waals surface area contributed by atoms with E-state index in [2.05, 4.69) is 11.1 Å². The Morgan fingerprint density at radius 3 is 2.71 bits per heavy atom. The molecule has 1 heterocycles. The van der Waals surface area contributed by atoms with Crippen LogP contribution in [0.3, 0.4) is 0 Å². The molecule has 0 saturated heterocycles. The molecule has 0 unspecified atom stereocenters. The lowest BCUT2D eigenvalue weighted by Crippen LogP contribution is -1.93. The maximum Gasteiger partial charge on any atom is 0.131 e. The Morgan fingerprint density at radius 2 is 2.06 bits per heavy atom. The molecule has 0 aliphatic heterocycles. The van der Waals surface area contributed by atoms with Gasteiger partial charge in [0.15, 0.2) is 0 Å².